The van der Waals surface area contributed by atoms with Crippen molar-refractivity contribution in [2.75, 3.05) is 13.2 Å². The van der Waals surface area contributed by atoms with Crippen LogP contribution in [-0.2, 0) is 16.1 Å². The first-order valence-corrected chi connectivity index (χ1v) is 5.69. The zero-order chi connectivity index (χ0) is 12.7. The van der Waals surface area contributed by atoms with Gasteiger partial charge >= 0.3 is 5.97 Å². The molecule has 1 aromatic rings. The van der Waals surface area contributed by atoms with E-state index in [4.69, 9.17) is 4.74 Å². The molecule has 17 heavy (non-hydrogen) atoms. The van der Waals surface area contributed by atoms with Crippen LogP contribution in [0.5, 0.6) is 0 Å². The number of benzene rings is 1. The number of hydrogen-bond donors (Lipinski definition) is 2. The third-order valence-electron chi connectivity index (χ3n) is 2.57. The van der Waals surface area contributed by atoms with Crippen LogP contribution < -0.4 is 5.32 Å². The maximum Gasteiger partial charge on any atom is 0.328 e. The molecule has 1 unspecified atom stereocenters. The Morgan fingerprint density at radius 2 is 2.06 bits per heavy atom. The van der Waals surface area contributed by atoms with Crippen molar-refractivity contribution < 1.29 is 14.6 Å². The first-order chi connectivity index (χ1) is 8.12. The molecule has 0 amide bonds. The van der Waals surface area contributed by atoms with Gasteiger partial charge in [-0.3, -0.25) is 5.32 Å². The van der Waals surface area contributed by atoms with Gasteiger partial charge in [0.1, 0.15) is 5.54 Å². The van der Waals surface area contributed by atoms with Gasteiger partial charge in [-0.15, -0.1) is 0 Å². The maximum atomic E-state index is 11.7. The van der Waals surface area contributed by atoms with Crippen LogP contribution in [0.3, 0.4) is 0 Å². The summed E-state index contributed by atoms with van der Waals surface area (Å²) in [6.45, 7) is 3.90. The Labute approximate surface area is 102 Å². The van der Waals surface area contributed by atoms with Crippen LogP contribution in [0.1, 0.15) is 19.4 Å². The van der Waals surface area contributed by atoms with Crippen LogP contribution in [0, 0.1) is 0 Å². The van der Waals surface area contributed by atoms with Crippen molar-refractivity contribution >= 4 is 5.97 Å². The summed E-state index contributed by atoms with van der Waals surface area (Å²) in [5.74, 6) is -0.432. The lowest BCUT2D eigenvalue weighted by molar-refractivity contribution is -0.152. The molecular formula is C13H19NO3. The van der Waals surface area contributed by atoms with E-state index in [-0.39, 0.29) is 6.61 Å². The molecule has 94 valence electrons. The second kappa shape index (κ2) is 6.37. The number of hydrogen-bond acceptors (Lipinski definition) is 4. The van der Waals surface area contributed by atoms with Crippen LogP contribution in [0.25, 0.3) is 0 Å². The summed E-state index contributed by atoms with van der Waals surface area (Å²) in [6.07, 6.45) is 0. The fraction of sp³-hybridized carbons (Fsp3) is 0.462. The average Bonchev–Trinajstić information content (AvgIpc) is 2.37. The summed E-state index contributed by atoms with van der Waals surface area (Å²) in [4.78, 5) is 11.7. The van der Waals surface area contributed by atoms with Gasteiger partial charge in [0.2, 0.25) is 0 Å². The van der Waals surface area contributed by atoms with E-state index in [9.17, 15) is 9.90 Å². The van der Waals surface area contributed by atoms with Crippen LogP contribution in [0.4, 0.5) is 0 Å². The van der Waals surface area contributed by atoms with Crippen molar-refractivity contribution in [3.63, 3.8) is 0 Å². The summed E-state index contributed by atoms with van der Waals surface area (Å²) in [6, 6.07) is 9.70. The molecule has 0 aliphatic rings. The highest BCUT2D eigenvalue weighted by Crippen LogP contribution is 2.08. The van der Waals surface area contributed by atoms with Gasteiger partial charge < -0.3 is 9.84 Å². The normalized spacial score (nSPS) is 14.1. The molecule has 0 spiro atoms. The van der Waals surface area contributed by atoms with Gasteiger partial charge in [-0.2, -0.15) is 0 Å². The quantitative estimate of drug-likeness (QED) is 0.727. The van der Waals surface area contributed by atoms with Crippen LogP contribution in [-0.4, -0.2) is 29.8 Å². The second-order valence-corrected chi connectivity index (χ2v) is 4.05. The monoisotopic (exact) mass is 237 g/mol. The van der Waals surface area contributed by atoms with E-state index in [2.05, 4.69) is 5.32 Å². The Hall–Kier alpha value is -1.39. The molecule has 0 bridgehead atoms. The molecule has 0 saturated heterocycles. The molecule has 1 rings (SSSR count). The van der Waals surface area contributed by atoms with Gasteiger partial charge in [0.25, 0.3) is 0 Å². The van der Waals surface area contributed by atoms with Crippen molar-refractivity contribution in [1.82, 2.24) is 5.32 Å². The van der Waals surface area contributed by atoms with Gasteiger partial charge in [0, 0.05) is 6.54 Å². The van der Waals surface area contributed by atoms with Crippen molar-refractivity contribution in [3.05, 3.63) is 35.9 Å². The Kier molecular flexibility index (Phi) is 5.12. The molecule has 4 heteroatoms. The van der Waals surface area contributed by atoms with E-state index in [1.165, 1.54) is 0 Å². The number of esters is 1. The topological polar surface area (TPSA) is 58.6 Å². The number of aliphatic hydroxyl groups is 1. The van der Waals surface area contributed by atoms with Crippen LogP contribution >= 0.6 is 0 Å². The Balaban J connectivity index is 2.60. The molecular weight excluding hydrogens is 218 g/mol. The molecule has 0 aliphatic heterocycles. The summed E-state index contributed by atoms with van der Waals surface area (Å²) < 4.78 is 4.92. The van der Waals surface area contributed by atoms with Gasteiger partial charge in [-0.05, 0) is 19.4 Å². The Morgan fingerprint density at radius 3 is 2.59 bits per heavy atom. The van der Waals surface area contributed by atoms with Crippen molar-refractivity contribution in [3.8, 4) is 0 Å². The van der Waals surface area contributed by atoms with Gasteiger partial charge in [-0.25, -0.2) is 4.79 Å². The van der Waals surface area contributed by atoms with E-state index in [1.807, 2.05) is 30.3 Å². The molecule has 0 saturated carbocycles. The predicted octanol–water partition coefficient (Wildman–Crippen LogP) is 1.09. The number of carbonyl (C=O) groups is 1. The molecule has 0 aliphatic carbocycles. The fourth-order valence-corrected chi connectivity index (χ4v) is 1.38. The third kappa shape index (κ3) is 3.84. The number of ether oxygens (including phenoxy) is 1. The average molecular weight is 237 g/mol. The molecule has 0 heterocycles. The largest absolute Gasteiger partial charge is 0.465 e. The number of carbonyl (C=O) groups excluding carboxylic acids is 1. The minimum Gasteiger partial charge on any atom is -0.465 e. The highest BCUT2D eigenvalue weighted by molar-refractivity contribution is 5.80. The van der Waals surface area contributed by atoms with E-state index in [1.54, 1.807) is 13.8 Å². The zero-order valence-corrected chi connectivity index (χ0v) is 10.3. The number of rotatable bonds is 6. The van der Waals surface area contributed by atoms with E-state index in [0.29, 0.717) is 13.2 Å². The fourth-order valence-electron chi connectivity index (χ4n) is 1.38. The Morgan fingerprint density at radius 1 is 1.41 bits per heavy atom. The van der Waals surface area contributed by atoms with E-state index >= 15 is 0 Å². The van der Waals surface area contributed by atoms with Gasteiger partial charge in [0.05, 0.1) is 13.2 Å². The van der Waals surface area contributed by atoms with Crippen molar-refractivity contribution in [1.29, 1.82) is 0 Å². The van der Waals surface area contributed by atoms with E-state index < -0.39 is 11.5 Å². The van der Waals surface area contributed by atoms with Crippen LogP contribution in [0.15, 0.2) is 30.3 Å². The minimum absolute atomic E-state index is 0.293. The lowest BCUT2D eigenvalue weighted by Crippen LogP contribution is -2.53. The molecule has 0 fully saturated rings. The molecule has 4 nitrogen and oxygen atoms in total. The molecule has 0 radical (unpaired) electrons. The van der Waals surface area contributed by atoms with Crippen molar-refractivity contribution in [2.45, 2.75) is 25.9 Å². The Bertz CT molecular complexity index is 353. The molecule has 1 atom stereocenters. The molecule has 2 N–H and O–H groups in total. The maximum absolute atomic E-state index is 11.7. The number of aliphatic hydroxyl groups excluding tert-OH is 1. The lowest BCUT2D eigenvalue weighted by atomic mass is 10.0. The zero-order valence-electron chi connectivity index (χ0n) is 10.3. The summed E-state index contributed by atoms with van der Waals surface area (Å²) in [5.41, 5.74) is 0.00254. The summed E-state index contributed by atoms with van der Waals surface area (Å²) in [7, 11) is 0. The van der Waals surface area contributed by atoms with Crippen molar-refractivity contribution in [2.24, 2.45) is 0 Å². The number of nitrogens with one attached hydrogen (secondary N) is 1. The highest BCUT2D eigenvalue weighted by Gasteiger charge is 2.33. The highest BCUT2D eigenvalue weighted by atomic mass is 16.5. The smallest absolute Gasteiger partial charge is 0.328 e. The van der Waals surface area contributed by atoms with Gasteiger partial charge in [-0.1, -0.05) is 30.3 Å². The SMILES string of the molecule is CCOC(=O)C(C)(CO)NCc1ccccc1. The second-order valence-electron chi connectivity index (χ2n) is 4.05. The van der Waals surface area contributed by atoms with Crippen LogP contribution in [0.2, 0.25) is 0 Å². The first-order valence-electron chi connectivity index (χ1n) is 5.69. The summed E-state index contributed by atoms with van der Waals surface area (Å²) in [5, 5.41) is 12.3. The molecule has 1 aromatic carbocycles. The third-order valence-corrected chi connectivity index (χ3v) is 2.57. The van der Waals surface area contributed by atoms with Gasteiger partial charge in [0.15, 0.2) is 0 Å². The first kappa shape index (κ1) is 13.7. The summed E-state index contributed by atoms with van der Waals surface area (Å²) >= 11 is 0. The predicted molar refractivity (Wildman–Crippen MR) is 65.4 cm³/mol. The molecule has 0 aromatic heterocycles. The lowest BCUT2D eigenvalue weighted by Gasteiger charge is -2.26. The van der Waals surface area contributed by atoms with E-state index in [0.717, 1.165) is 5.56 Å². The minimum atomic E-state index is -1.05. The standard InChI is InChI=1S/C13H19NO3/c1-3-17-12(16)13(2,10-15)14-9-11-7-5-4-6-8-11/h4-8,14-15H,3,9-10H2,1-2H3.